The van der Waals surface area contributed by atoms with Crippen molar-refractivity contribution in [3.8, 4) is 0 Å². The molecule has 0 unspecified atom stereocenters. The van der Waals surface area contributed by atoms with Crippen LogP contribution in [0.4, 0.5) is 0 Å². The lowest BCUT2D eigenvalue weighted by Gasteiger charge is -2.34. The predicted molar refractivity (Wildman–Crippen MR) is 66.3 cm³/mol. The molecule has 2 heterocycles. The van der Waals surface area contributed by atoms with Gasteiger partial charge in [-0.15, -0.1) is 11.3 Å². The van der Waals surface area contributed by atoms with Gasteiger partial charge in [0.25, 0.3) is 0 Å². The molecule has 84 valence electrons. The van der Waals surface area contributed by atoms with Crippen molar-refractivity contribution in [2.24, 2.45) is 0 Å². The van der Waals surface area contributed by atoms with Gasteiger partial charge in [-0.05, 0) is 38.4 Å². The van der Waals surface area contributed by atoms with E-state index in [9.17, 15) is 0 Å². The Morgan fingerprint density at radius 3 is 2.67 bits per heavy atom. The third-order valence-electron chi connectivity index (χ3n) is 3.25. The Labute approximate surface area is 96.5 Å². The Morgan fingerprint density at radius 2 is 2.13 bits per heavy atom. The molecule has 0 amide bonds. The van der Waals surface area contributed by atoms with Crippen LogP contribution in [0, 0.1) is 0 Å². The molecule has 0 spiro atoms. The molecule has 15 heavy (non-hydrogen) atoms. The summed E-state index contributed by atoms with van der Waals surface area (Å²) in [6, 6.07) is 5.18. The van der Waals surface area contributed by atoms with Gasteiger partial charge in [0.1, 0.15) is 0 Å². The van der Waals surface area contributed by atoms with Crippen molar-refractivity contribution in [3.63, 3.8) is 0 Å². The highest BCUT2D eigenvalue weighted by molar-refractivity contribution is 7.09. The molecule has 1 fully saturated rings. The van der Waals surface area contributed by atoms with Crippen molar-refractivity contribution in [1.82, 2.24) is 9.80 Å². The summed E-state index contributed by atoms with van der Waals surface area (Å²) < 4.78 is 0. The van der Waals surface area contributed by atoms with Crippen LogP contribution in [-0.4, -0.2) is 43.0 Å². The van der Waals surface area contributed by atoms with E-state index in [1.165, 1.54) is 30.8 Å². The molecule has 1 aliphatic heterocycles. The molecule has 2 rings (SSSR count). The van der Waals surface area contributed by atoms with Gasteiger partial charge in [0.15, 0.2) is 0 Å². The van der Waals surface area contributed by atoms with Gasteiger partial charge >= 0.3 is 0 Å². The van der Waals surface area contributed by atoms with Crippen LogP contribution in [0.2, 0.25) is 0 Å². The summed E-state index contributed by atoms with van der Waals surface area (Å²) in [5, 5.41) is 2.17. The minimum absolute atomic E-state index is 0.796. The largest absolute Gasteiger partial charge is 0.306 e. The van der Waals surface area contributed by atoms with Crippen molar-refractivity contribution in [3.05, 3.63) is 22.4 Å². The molecule has 0 N–H and O–H groups in total. The van der Waals surface area contributed by atoms with E-state index in [0.29, 0.717) is 0 Å². The van der Waals surface area contributed by atoms with Crippen LogP contribution in [0.3, 0.4) is 0 Å². The van der Waals surface area contributed by atoms with Crippen LogP contribution in [0.25, 0.3) is 0 Å². The zero-order valence-electron chi connectivity index (χ0n) is 9.65. The summed E-state index contributed by atoms with van der Waals surface area (Å²) in [6.45, 7) is 3.65. The maximum absolute atomic E-state index is 2.58. The molecular formula is C12H20N2S. The van der Waals surface area contributed by atoms with E-state index < -0.39 is 0 Å². The van der Waals surface area contributed by atoms with Crippen LogP contribution in [0.1, 0.15) is 17.7 Å². The molecule has 0 aromatic carbocycles. The number of hydrogen-bond acceptors (Lipinski definition) is 3. The van der Waals surface area contributed by atoms with Crippen LogP contribution < -0.4 is 0 Å². The first-order chi connectivity index (χ1) is 7.25. The summed E-state index contributed by atoms with van der Waals surface area (Å²) in [5.41, 5.74) is 0. The minimum Gasteiger partial charge on any atom is -0.306 e. The summed E-state index contributed by atoms with van der Waals surface area (Å²) in [5.74, 6) is 0. The van der Waals surface area contributed by atoms with Gasteiger partial charge in [0.2, 0.25) is 0 Å². The number of thiophene rings is 1. The van der Waals surface area contributed by atoms with Crippen LogP contribution in [0.15, 0.2) is 17.5 Å². The molecule has 1 saturated heterocycles. The average Bonchev–Trinajstić information content (AvgIpc) is 2.71. The Balaban J connectivity index is 1.79. The highest BCUT2D eigenvalue weighted by Gasteiger charge is 2.20. The van der Waals surface area contributed by atoms with Crippen molar-refractivity contribution in [2.75, 3.05) is 27.2 Å². The van der Waals surface area contributed by atoms with E-state index in [2.05, 4.69) is 41.4 Å². The molecule has 1 aliphatic rings. The van der Waals surface area contributed by atoms with Gasteiger partial charge < -0.3 is 4.90 Å². The normalized spacial score (nSPS) is 19.9. The van der Waals surface area contributed by atoms with Gasteiger partial charge in [-0.3, -0.25) is 4.90 Å². The summed E-state index contributed by atoms with van der Waals surface area (Å²) in [7, 11) is 4.39. The first-order valence-corrected chi connectivity index (χ1v) is 6.55. The molecule has 0 radical (unpaired) electrons. The third-order valence-corrected chi connectivity index (χ3v) is 4.11. The summed E-state index contributed by atoms with van der Waals surface area (Å²) >= 11 is 1.87. The van der Waals surface area contributed by atoms with Crippen molar-refractivity contribution in [1.29, 1.82) is 0 Å². The van der Waals surface area contributed by atoms with E-state index in [1.807, 2.05) is 11.3 Å². The van der Waals surface area contributed by atoms with Gasteiger partial charge in [-0.2, -0.15) is 0 Å². The highest BCUT2D eigenvalue weighted by Crippen LogP contribution is 2.18. The number of likely N-dealkylation sites (tertiary alicyclic amines) is 1. The van der Waals surface area contributed by atoms with E-state index in [4.69, 9.17) is 0 Å². The maximum Gasteiger partial charge on any atom is 0.0327 e. The van der Waals surface area contributed by atoms with E-state index >= 15 is 0 Å². The van der Waals surface area contributed by atoms with Crippen molar-refractivity contribution < 1.29 is 0 Å². The molecule has 2 nitrogen and oxygen atoms in total. The number of hydrogen-bond donors (Lipinski definition) is 0. The first-order valence-electron chi connectivity index (χ1n) is 5.67. The Kier molecular flexibility index (Phi) is 3.78. The maximum atomic E-state index is 2.58. The van der Waals surface area contributed by atoms with Crippen LogP contribution in [0.5, 0.6) is 0 Å². The molecule has 1 aromatic heterocycles. The number of rotatable bonds is 3. The van der Waals surface area contributed by atoms with Crippen molar-refractivity contribution in [2.45, 2.75) is 25.4 Å². The third kappa shape index (κ3) is 3.03. The predicted octanol–water partition coefficient (Wildman–Crippen LogP) is 2.27. The second-order valence-electron chi connectivity index (χ2n) is 4.55. The molecule has 0 saturated carbocycles. The van der Waals surface area contributed by atoms with E-state index in [0.717, 1.165) is 12.6 Å². The topological polar surface area (TPSA) is 6.48 Å². The van der Waals surface area contributed by atoms with Gasteiger partial charge in [0, 0.05) is 30.6 Å². The van der Waals surface area contributed by atoms with Gasteiger partial charge in [-0.1, -0.05) is 6.07 Å². The fourth-order valence-corrected chi connectivity index (χ4v) is 2.96. The lowest BCUT2D eigenvalue weighted by molar-refractivity contribution is 0.141. The Hall–Kier alpha value is -0.380. The quantitative estimate of drug-likeness (QED) is 0.777. The summed E-state index contributed by atoms with van der Waals surface area (Å²) in [6.07, 6.45) is 2.64. The minimum atomic E-state index is 0.796. The monoisotopic (exact) mass is 224 g/mol. The first kappa shape index (κ1) is 11.1. The van der Waals surface area contributed by atoms with Gasteiger partial charge in [-0.25, -0.2) is 0 Å². The average molecular weight is 224 g/mol. The molecule has 0 bridgehead atoms. The zero-order chi connectivity index (χ0) is 10.7. The second-order valence-corrected chi connectivity index (χ2v) is 5.58. The van der Waals surface area contributed by atoms with Crippen LogP contribution in [-0.2, 0) is 6.54 Å². The SMILES string of the molecule is CN(C)C1CCN(Cc2cccs2)CC1. The molecule has 3 heteroatoms. The van der Waals surface area contributed by atoms with Crippen molar-refractivity contribution >= 4 is 11.3 Å². The van der Waals surface area contributed by atoms with E-state index in [-0.39, 0.29) is 0 Å². The van der Waals surface area contributed by atoms with E-state index in [1.54, 1.807) is 0 Å². The second kappa shape index (κ2) is 5.10. The molecule has 1 aromatic rings. The lowest BCUT2D eigenvalue weighted by atomic mass is 10.0. The number of piperidine rings is 1. The fourth-order valence-electron chi connectivity index (χ4n) is 2.22. The number of nitrogens with zero attached hydrogens (tertiary/aromatic N) is 2. The fraction of sp³-hybridized carbons (Fsp3) is 0.667. The Bertz CT molecular complexity index is 274. The molecular weight excluding hydrogens is 204 g/mol. The summed E-state index contributed by atoms with van der Waals surface area (Å²) in [4.78, 5) is 6.44. The highest BCUT2D eigenvalue weighted by atomic mass is 32.1. The lowest BCUT2D eigenvalue weighted by Crippen LogP contribution is -2.41. The smallest absolute Gasteiger partial charge is 0.0327 e. The zero-order valence-corrected chi connectivity index (χ0v) is 10.5. The standard InChI is InChI=1S/C12H20N2S/c1-13(2)11-5-7-14(8-6-11)10-12-4-3-9-15-12/h3-4,9,11H,5-8,10H2,1-2H3. The molecule has 0 aliphatic carbocycles. The van der Waals surface area contributed by atoms with Crippen LogP contribution >= 0.6 is 11.3 Å². The molecule has 0 atom stereocenters. The Morgan fingerprint density at radius 1 is 1.40 bits per heavy atom. The van der Waals surface area contributed by atoms with Gasteiger partial charge in [0.05, 0.1) is 0 Å².